The molecule has 0 radical (unpaired) electrons. The largest absolute Gasteiger partial charge is 0.494 e. The molecule has 178 valence electrons. The van der Waals surface area contributed by atoms with E-state index in [0.29, 0.717) is 13.2 Å². The van der Waals surface area contributed by atoms with E-state index in [1.165, 1.54) is 5.56 Å². The number of ether oxygens (including phenoxy) is 4. The number of morpholine rings is 1. The van der Waals surface area contributed by atoms with Crippen molar-refractivity contribution >= 4 is 5.96 Å². The van der Waals surface area contributed by atoms with Crippen LogP contribution in [0.2, 0.25) is 0 Å². The highest BCUT2D eigenvalue weighted by molar-refractivity contribution is 5.80. The Labute approximate surface area is 192 Å². The molecule has 3 aliphatic rings. The molecule has 3 aliphatic heterocycles. The molecule has 0 bridgehead atoms. The second-order valence-corrected chi connectivity index (χ2v) is 8.93. The van der Waals surface area contributed by atoms with Gasteiger partial charge in [0.15, 0.2) is 5.96 Å². The summed E-state index contributed by atoms with van der Waals surface area (Å²) in [6, 6.07) is 8.58. The molecule has 3 fully saturated rings. The van der Waals surface area contributed by atoms with Crippen LogP contribution in [0.15, 0.2) is 29.3 Å². The van der Waals surface area contributed by atoms with Gasteiger partial charge in [0.25, 0.3) is 0 Å². The molecule has 0 aromatic heterocycles. The van der Waals surface area contributed by atoms with Crippen LogP contribution < -0.4 is 10.1 Å². The van der Waals surface area contributed by atoms with Crippen molar-refractivity contribution in [2.45, 2.75) is 57.2 Å². The molecule has 1 aromatic rings. The summed E-state index contributed by atoms with van der Waals surface area (Å²) >= 11 is 0. The highest BCUT2D eigenvalue weighted by atomic mass is 16.5. The lowest BCUT2D eigenvalue weighted by Crippen LogP contribution is -2.53. The summed E-state index contributed by atoms with van der Waals surface area (Å²) in [5, 5.41) is 3.53. The fraction of sp³-hybridized carbons (Fsp3) is 0.720. The Kier molecular flexibility index (Phi) is 8.27. The summed E-state index contributed by atoms with van der Waals surface area (Å²) in [5.41, 5.74) is 1.31. The fourth-order valence-electron chi connectivity index (χ4n) is 5.01. The van der Waals surface area contributed by atoms with Crippen LogP contribution >= 0.6 is 0 Å². The summed E-state index contributed by atoms with van der Waals surface area (Å²) in [6.45, 7) is 11.2. The van der Waals surface area contributed by atoms with Crippen molar-refractivity contribution in [3.63, 3.8) is 0 Å². The van der Waals surface area contributed by atoms with E-state index in [2.05, 4.69) is 41.4 Å². The number of rotatable bonds is 7. The number of hydrogen-bond donors (Lipinski definition) is 1. The SMILES string of the molecule is CCNC(=NCC1(c2ccc(OCC)cc2)CCOCC1)N1CCOC(C2CCCO2)C1. The zero-order valence-corrected chi connectivity index (χ0v) is 19.7. The quantitative estimate of drug-likeness (QED) is 0.514. The van der Waals surface area contributed by atoms with Gasteiger partial charge in [0.05, 0.1) is 25.9 Å². The lowest BCUT2D eigenvalue weighted by atomic mass is 9.74. The Bertz CT molecular complexity index is 727. The monoisotopic (exact) mass is 445 g/mol. The second kappa shape index (κ2) is 11.3. The Morgan fingerprint density at radius 3 is 2.56 bits per heavy atom. The van der Waals surface area contributed by atoms with Crippen LogP contribution in [0, 0.1) is 0 Å². The number of nitrogens with zero attached hydrogens (tertiary/aromatic N) is 2. The normalized spacial score (nSPS) is 26.2. The minimum atomic E-state index is -0.0100. The van der Waals surface area contributed by atoms with Crippen LogP contribution in [-0.4, -0.2) is 82.3 Å². The molecule has 3 heterocycles. The van der Waals surface area contributed by atoms with E-state index in [4.69, 9.17) is 23.9 Å². The minimum absolute atomic E-state index is 0.0100. The Balaban J connectivity index is 1.51. The van der Waals surface area contributed by atoms with Gasteiger partial charge in [0, 0.05) is 44.9 Å². The maximum atomic E-state index is 6.06. The molecule has 7 nitrogen and oxygen atoms in total. The number of hydrogen-bond acceptors (Lipinski definition) is 5. The van der Waals surface area contributed by atoms with E-state index in [9.17, 15) is 0 Å². The van der Waals surface area contributed by atoms with Crippen molar-refractivity contribution in [3.05, 3.63) is 29.8 Å². The van der Waals surface area contributed by atoms with Crippen LogP contribution in [0.1, 0.15) is 45.1 Å². The molecule has 2 atom stereocenters. The zero-order chi connectivity index (χ0) is 22.2. The van der Waals surface area contributed by atoms with E-state index in [1.54, 1.807) is 0 Å². The number of nitrogens with one attached hydrogen (secondary N) is 1. The van der Waals surface area contributed by atoms with E-state index in [1.807, 2.05) is 6.92 Å². The molecule has 0 saturated carbocycles. The second-order valence-electron chi connectivity index (χ2n) is 8.93. The van der Waals surface area contributed by atoms with E-state index in [-0.39, 0.29) is 17.6 Å². The van der Waals surface area contributed by atoms with Crippen LogP contribution in [0.5, 0.6) is 5.75 Å². The number of aliphatic imine (C=N–C) groups is 1. The third-order valence-corrected chi connectivity index (χ3v) is 6.87. The van der Waals surface area contributed by atoms with Crippen molar-refractivity contribution in [1.82, 2.24) is 10.2 Å². The summed E-state index contributed by atoms with van der Waals surface area (Å²) < 4.78 is 23.3. The maximum Gasteiger partial charge on any atom is 0.194 e. The predicted molar refractivity (Wildman–Crippen MR) is 126 cm³/mol. The molecule has 4 rings (SSSR count). The first-order valence-electron chi connectivity index (χ1n) is 12.3. The third-order valence-electron chi connectivity index (χ3n) is 6.87. The van der Waals surface area contributed by atoms with Gasteiger partial charge in [-0.2, -0.15) is 0 Å². The third kappa shape index (κ3) is 5.56. The lowest BCUT2D eigenvalue weighted by Gasteiger charge is -2.39. The van der Waals surface area contributed by atoms with Crippen molar-refractivity contribution in [3.8, 4) is 5.75 Å². The predicted octanol–water partition coefficient (Wildman–Crippen LogP) is 2.98. The van der Waals surface area contributed by atoms with Gasteiger partial charge < -0.3 is 29.2 Å². The van der Waals surface area contributed by atoms with E-state index >= 15 is 0 Å². The van der Waals surface area contributed by atoms with E-state index < -0.39 is 0 Å². The van der Waals surface area contributed by atoms with Crippen LogP contribution in [0.3, 0.4) is 0 Å². The molecular weight excluding hydrogens is 406 g/mol. The lowest BCUT2D eigenvalue weighted by molar-refractivity contribution is -0.0817. The summed E-state index contributed by atoms with van der Waals surface area (Å²) in [5.74, 6) is 1.90. The minimum Gasteiger partial charge on any atom is -0.494 e. The van der Waals surface area contributed by atoms with Crippen molar-refractivity contribution < 1.29 is 18.9 Å². The van der Waals surface area contributed by atoms with Crippen LogP contribution in [0.25, 0.3) is 0 Å². The Morgan fingerprint density at radius 1 is 1.09 bits per heavy atom. The Morgan fingerprint density at radius 2 is 1.88 bits per heavy atom. The fourth-order valence-corrected chi connectivity index (χ4v) is 5.01. The average molecular weight is 446 g/mol. The van der Waals surface area contributed by atoms with Gasteiger partial charge in [-0.05, 0) is 57.2 Å². The van der Waals surface area contributed by atoms with Gasteiger partial charge in [-0.25, -0.2) is 0 Å². The zero-order valence-electron chi connectivity index (χ0n) is 19.7. The van der Waals surface area contributed by atoms with Crippen LogP contribution in [0.4, 0.5) is 0 Å². The van der Waals surface area contributed by atoms with Gasteiger partial charge >= 0.3 is 0 Å². The van der Waals surface area contributed by atoms with Gasteiger partial charge in [0.2, 0.25) is 0 Å². The number of benzene rings is 1. The molecular formula is C25H39N3O4. The molecule has 0 spiro atoms. The van der Waals surface area contributed by atoms with E-state index in [0.717, 1.165) is 83.4 Å². The first-order valence-corrected chi connectivity index (χ1v) is 12.3. The highest BCUT2D eigenvalue weighted by Gasteiger charge is 2.36. The smallest absolute Gasteiger partial charge is 0.194 e. The molecule has 1 N–H and O–H groups in total. The van der Waals surface area contributed by atoms with Crippen molar-refractivity contribution in [2.24, 2.45) is 4.99 Å². The molecule has 7 heteroatoms. The van der Waals surface area contributed by atoms with Gasteiger partial charge in [0.1, 0.15) is 11.9 Å². The number of guanidine groups is 1. The summed E-state index contributed by atoms with van der Waals surface area (Å²) in [6.07, 6.45) is 4.51. The van der Waals surface area contributed by atoms with Crippen molar-refractivity contribution in [2.75, 3.05) is 59.2 Å². The van der Waals surface area contributed by atoms with Crippen LogP contribution in [-0.2, 0) is 19.6 Å². The average Bonchev–Trinajstić information content (AvgIpc) is 3.38. The topological polar surface area (TPSA) is 64.6 Å². The Hall–Kier alpha value is -1.83. The molecule has 3 saturated heterocycles. The standard InChI is InChI=1S/C25H39N3O4/c1-3-26-24(28-13-17-32-23(18-28)22-6-5-14-31-22)27-19-25(11-15-29-16-12-25)20-7-9-21(10-8-20)30-4-2/h7-10,22-23H,3-6,11-19H2,1-2H3,(H,26,27). The molecule has 0 amide bonds. The highest BCUT2D eigenvalue weighted by Crippen LogP contribution is 2.36. The first kappa shape index (κ1) is 23.3. The first-order chi connectivity index (χ1) is 15.7. The molecule has 32 heavy (non-hydrogen) atoms. The summed E-state index contributed by atoms with van der Waals surface area (Å²) in [4.78, 5) is 7.53. The van der Waals surface area contributed by atoms with Gasteiger partial charge in [-0.1, -0.05) is 12.1 Å². The molecule has 1 aromatic carbocycles. The van der Waals surface area contributed by atoms with Gasteiger partial charge in [-0.15, -0.1) is 0 Å². The summed E-state index contributed by atoms with van der Waals surface area (Å²) in [7, 11) is 0. The molecule has 0 aliphatic carbocycles. The van der Waals surface area contributed by atoms with Gasteiger partial charge in [-0.3, -0.25) is 4.99 Å². The maximum absolute atomic E-state index is 6.06. The molecule has 2 unspecified atom stereocenters. The van der Waals surface area contributed by atoms with Crippen molar-refractivity contribution in [1.29, 1.82) is 0 Å².